The quantitative estimate of drug-likeness (QED) is 0.474. The number of carbonyl (C=O) groups is 2. The van der Waals surface area contributed by atoms with E-state index in [4.69, 9.17) is 5.21 Å². The smallest absolute Gasteiger partial charge is 0.268 e. The summed E-state index contributed by atoms with van der Waals surface area (Å²) >= 11 is 0. The molecule has 24 heavy (non-hydrogen) atoms. The largest absolute Gasteiger partial charge is 0.391 e. The lowest BCUT2D eigenvalue weighted by molar-refractivity contribution is -0.137. The molecule has 0 spiro atoms. The van der Waals surface area contributed by atoms with Crippen LogP contribution in [0.3, 0.4) is 0 Å². The monoisotopic (exact) mass is 328 g/mol. The minimum atomic E-state index is -1.20. The van der Waals surface area contributed by atoms with Gasteiger partial charge in [-0.1, -0.05) is 54.6 Å². The van der Waals surface area contributed by atoms with Crippen molar-refractivity contribution in [3.8, 4) is 11.1 Å². The highest BCUT2D eigenvalue weighted by atomic mass is 16.5. The summed E-state index contributed by atoms with van der Waals surface area (Å²) in [6.45, 7) is 1.36. The van der Waals surface area contributed by atoms with Crippen molar-refractivity contribution in [3.63, 3.8) is 0 Å². The second kappa shape index (κ2) is 8.24. The summed E-state index contributed by atoms with van der Waals surface area (Å²) in [7, 11) is 0. The van der Waals surface area contributed by atoms with E-state index in [0.717, 1.165) is 16.7 Å². The number of hydrogen-bond donors (Lipinski definition) is 4. The van der Waals surface area contributed by atoms with Crippen LogP contribution in [0, 0.1) is 0 Å². The van der Waals surface area contributed by atoms with Crippen LogP contribution in [0.25, 0.3) is 11.1 Å². The van der Waals surface area contributed by atoms with Gasteiger partial charge in [0.25, 0.3) is 5.91 Å². The first-order chi connectivity index (χ1) is 11.5. The maximum Gasteiger partial charge on any atom is 0.268 e. The lowest BCUT2D eigenvalue weighted by atomic mass is 10.0. The molecule has 1 unspecified atom stereocenters. The molecule has 2 amide bonds. The number of aliphatic hydroxyl groups excluding tert-OH is 1. The number of nitrogens with one attached hydrogen (secondary N) is 2. The summed E-state index contributed by atoms with van der Waals surface area (Å²) in [5, 5.41) is 20.5. The van der Waals surface area contributed by atoms with Gasteiger partial charge in [0.05, 0.1) is 12.5 Å². The molecule has 2 aromatic carbocycles. The minimum absolute atomic E-state index is 0.0665. The van der Waals surface area contributed by atoms with Crippen LogP contribution in [0.1, 0.15) is 12.5 Å². The van der Waals surface area contributed by atoms with E-state index in [0.29, 0.717) is 0 Å². The van der Waals surface area contributed by atoms with Gasteiger partial charge < -0.3 is 10.4 Å². The first kappa shape index (κ1) is 17.7. The van der Waals surface area contributed by atoms with E-state index in [1.54, 1.807) is 0 Å². The summed E-state index contributed by atoms with van der Waals surface area (Å²) in [4.78, 5) is 23.4. The molecule has 0 aliphatic rings. The molecule has 0 aliphatic carbocycles. The lowest BCUT2D eigenvalue weighted by Gasteiger charge is -2.19. The maximum absolute atomic E-state index is 12.0. The SMILES string of the molecule is C[C@@H](O)C(NC(=O)Cc1ccc(-c2ccccc2)cc1)C(=O)NO. The molecule has 0 aliphatic heterocycles. The molecule has 0 saturated carbocycles. The lowest BCUT2D eigenvalue weighted by Crippen LogP contribution is -2.52. The van der Waals surface area contributed by atoms with Gasteiger partial charge in [-0.05, 0) is 23.6 Å². The van der Waals surface area contributed by atoms with Gasteiger partial charge in [-0.3, -0.25) is 14.8 Å². The van der Waals surface area contributed by atoms with E-state index in [1.807, 2.05) is 54.6 Å². The van der Waals surface area contributed by atoms with Crippen molar-refractivity contribution in [1.29, 1.82) is 0 Å². The molecule has 0 heterocycles. The van der Waals surface area contributed by atoms with Crippen molar-refractivity contribution in [2.75, 3.05) is 0 Å². The number of rotatable bonds is 6. The van der Waals surface area contributed by atoms with Crippen LogP contribution < -0.4 is 10.8 Å². The second-order valence-corrected chi connectivity index (χ2v) is 5.50. The Morgan fingerprint density at radius 1 is 1.00 bits per heavy atom. The van der Waals surface area contributed by atoms with Gasteiger partial charge in [0.1, 0.15) is 6.04 Å². The first-order valence-corrected chi connectivity index (χ1v) is 7.57. The van der Waals surface area contributed by atoms with Gasteiger partial charge in [0, 0.05) is 0 Å². The topological polar surface area (TPSA) is 98.7 Å². The minimum Gasteiger partial charge on any atom is -0.391 e. The second-order valence-electron chi connectivity index (χ2n) is 5.50. The Labute approximate surface area is 140 Å². The highest BCUT2D eigenvalue weighted by molar-refractivity contribution is 5.88. The predicted molar refractivity (Wildman–Crippen MR) is 89.1 cm³/mol. The maximum atomic E-state index is 12.0. The third-order valence-electron chi connectivity index (χ3n) is 3.62. The molecule has 4 N–H and O–H groups in total. The van der Waals surface area contributed by atoms with Crippen molar-refractivity contribution in [2.45, 2.75) is 25.5 Å². The number of amides is 2. The molecular formula is C18H20N2O4. The van der Waals surface area contributed by atoms with Gasteiger partial charge >= 0.3 is 0 Å². The molecule has 2 aromatic rings. The molecule has 6 heteroatoms. The fourth-order valence-corrected chi connectivity index (χ4v) is 2.33. The summed E-state index contributed by atoms with van der Waals surface area (Å²) < 4.78 is 0. The van der Waals surface area contributed by atoms with Crippen LogP contribution in [-0.4, -0.2) is 34.3 Å². The van der Waals surface area contributed by atoms with Crippen molar-refractivity contribution >= 4 is 11.8 Å². The van der Waals surface area contributed by atoms with Gasteiger partial charge in [-0.25, -0.2) is 5.48 Å². The Kier molecular flexibility index (Phi) is 6.06. The van der Waals surface area contributed by atoms with Crippen LogP contribution in [0.4, 0.5) is 0 Å². The van der Waals surface area contributed by atoms with Crippen molar-refractivity contribution in [3.05, 3.63) is 60.2 Å². The van der Waals surface area contributed by atoms with Crippen LogP contribution in [-0.2, 0) is 16.0 Å². The fraction of sp³-hybridized carbons (Fsp3) is 0.222. The van der Waals surface area contributed by atoms with Gasteiger partial charge in [-0.15, -0.1) is 0 Å². The number of carbonyl (C=O) groups excluding carboxylic acids is 2. The van der Waals surface area contributed by atoms with Crippen LogP contribution in [0.15, 0.2) is 54.6 Å². The van der Waals surface area contributed by atoms with E-state index in [2.05, 4.69) is 5.32 Å². The summed E-state index contributed by atoms with van der Waals surface area (Å²) in [5.41, 5.74) is 4.33. The Balaban J connectivity index is 2.00. The Morgan fingerprint density at radius 2 is 1.58 bits per heavy atom. The third kappa shape index (κ3) is 4.65. The highest BCUT2D eigenvalue weighted by Gasteiger charge is 2.25. The molecule has 2 rings (SSSR count). The number of aliphatic hydroxyl groups is 1. The first-order valence-electron chi connectivity index (χ1n) is 7.57. The molecule has 126 valence electrons. The summed E-state index contributed by atoms with van der Waals surface area (Å²) in [5.74, 6) is -1.28. The number of hydroxylamine groups is 1. The zero-order valence-electron chi connectivity index (χ0n) is 13.3. The molecule has 0 aromatic heterocycles. The molecule has 0 bridgehead atoms. The number of benzene rings is 2. The Morgan fingerprint density at radius 3 is 2.12 bits per heavy atom. The van der Waals surface area contributed by atoms with E-state index < -0.39 is 24.0 Å². The molecule has 0 saturated heterocycles. The molecular weight excluding hydrogens is 308 g/mol. The van der Waals surface area contributed by atoms with E-state index in [1.165, 1.54) is 12.4 Å². The third-order valence-corrected chi connectivity index (χ3v) is 3.62. The summed E-state index contributed by atoms with van der Waals surface area (Å²) in [6, 6.07) is 16.2. The van der Waals surface area contributed by atoms with Crippen LogP contribution >= 0.6 is 0 Å². The fourth-order valence-electron chi connectivity index (χ4n) is 2.33. The van der Waals surface area contributed by atoms with Crippen molar-refractivity contribution in [1.82, 2.24) is 10.8 Å². The Hall–Kier alpha value is -2.70. The summed E-state index contributed by atoms with van der Waals surface area (Å²) in [6.07, 6.45) is -1.06. The molecule has 0 radical (unpaired) electrons. The predicted octanol–water partition coefficient (Wildman–Crippen LogP) is 1.27. The van der Waals surface area contributed by atoms with E-state index in [-0.39, 0.29) is 6.42 Å². The van der Waals surface area contributed by atoms with Crippen LogP contribution in [0.5, 0.6) is 0 Å². The van der Waals surface area contributed by atoms with Gasteiger partial charge in [0.2, 0.25) is 5.91 Å². The normalized spacial score (nSPS) is 13.0. The van der Waals surface area contributed by atoms with Gasteiger partial charge in [-0.2, -0.15) is 0 Å². The highest BCUT2D eigenvalue weighted by Crippen LogP contribution is 2.19. The molecule has 6 nitrogen and oxygen atoms in total. The zero-order chi connectivity index (χ0) is 17.5. The van der Waals surface area contributed by atoms with E-state index >= 15 is 0 Å². The van der Waals surface area contributed by atoms with Crippen molar-refractivity contribution in [2.24, 2.45) is 0 Å². The average molecular weight is 328 g/mol. The molecule has 0 fully saturated rings. The Bertz CT molecular complexity index is 684. The van der Waals surface area contributed by atoms with Crippen LogP contribution in [0.2, 0.25) is 0 Å². The number of hydrogen-bond acceptors (Lipinski definition) is 4. The van der Waals surface area contributed by atoms with Crippen molar-refractivity contribution < 1.29 is 19.9 Å². The average Bonchev–Trinajstić information content (AvgIpc) is 2.60. The molecule has 2 atom stereocenters. The van der Waals surface area contributed by atoms with Gasteiger partial charge in [0.15, 0.2) is 0 Å². The van der Waals surface area contributed by atoms with E-state index in [9.17, 15) is 14.7 Å². The standard InChI is InChI=1S/C18H20N2O4/c1-12(21)17(18(23)20-24)19-16(22)11-13-7-9-15(10-8-13)14-5-3-2-4-6-14/h2-10,12,17,21,24H,11H2,1H3,(H,19,22)(H,20,23)/t12-,17?/m1/s1. The zero-order valence-corrected chi connectivity index (χ0v) is 13.3.